The number of fused-ring (bicyclic) bond motifs is 1. The minimum Gasteiger partial charge on any atom is -0.468 e. The fourth-order valence-corrected chi connectivity index (χ4v) is 2.05. The molecule has 1 nitrogen and oxygen atoms in total. The van der Waals surface area contributed by atoms with Gasteiger partial charge in [0.1, 0.15) is 5.76 Å². The minimum atomic E-state index is -0.0120. The number of allylic oxidation sites excluding steroid dienone is 3. The molecule has 1 aliphatic rings. The molecule has 0 unspecified atom stereocenters. The van der Waals surface area contributed by atoms with E-state index in [0.29, 0.717) is 5.92 Å². The summed E-state index contributed by atoms with van der Waals surface area (Å²) in [4.78, 5) is 0. The molecule has 1 heteroatoms. The van der Waals surface area contributed by atoms with Crippen molar-refractivity contribution in [1.29, 1.82) is 0 Å². The lowest BCUT2D eigenvalue weighted by molar-refractivity contribution is 0.435. The normalized spacial score (nSPS) is 18.6. The zero-order valence-electron chi connectivity index (χ0n) is 9.87. The standard InChI is InChI=1S/C14H18O/c1-10(2)12-6-5-11-7-8-15-13(11)14(3,4)9-12/h5-10H,1-4H3. The molecule has 1 heterocycles. The Morgan fingerprint density at radius 1 is 1.20 bits per heavy atom. The number of furan rings is 1. The molecule has 1 aromatic rings. The SMILES string of the molecule is CC(C)C1=CC(C)(C)c2occc2C=C1. The monoisotopic (exact) mass is 202 g/mol. The number of hydrogen-bond acceptors (Lipinski definition) is 1. The van der Waals surface area contributed by atoms with E-state index in [1.54, 1.807) is 6.26 Å². The number of hydrogen-bond donors (Lipinski definition) is 0. The van der Waals surface area contributed by atoms with Gasteiger partial charge in [-0.2, -0.15) is 0 Å². The molecular formula is C14H18O. The van der Waals surface area contributed by atoms with Crippen LogP contribution < -0.4 is 0 Å². The summed E-state index contributed by atoms with van der Waals surface area (Å²) in [6.07, 6.45) is 8.43. The van der Waals surface area contributed by atoms with Gasteiger partial charge >= 0.3 is 0 Å². The van der Waals surface area contributed by atoms with Crippen molar-refractivity contribution in [1.82, 2.24) is 0 Å². The summed E-state index contributed by atoms with van der Waals surface area (Å²) in [5, 5.41) is 0. The van der Waals surface area contributed by atoms with E-state index in [1.165, 1.54) is 11.1 Å². The second-order valence-corrected chi connectivity index (χ2v) is 5.06. The van der Waals surface area contributed by atoms with E-state index in [-0.39, 0.29) is 5.41 Å². The van der Waals surface area contributed by atoms with Crippen molar-refractivity contribution in [2.75, 3.05) is 0 Å². The topological polar surface area (TPSA) is 13.1 Å². The highest BCUT2D eigenvalue weighted by Crippen LogP contribution is 2.34. The molecule has 15 heavy (non-hydrogen) atoms. The lowest BCUT2D eigenvalue weighted by Gasteiger charge is -2.19. The molecular weight excluding hydrogens is 184 g/mol. The van der Waals surface area contributed by atoms with Crippen molar-refractivity contribution in [2.45, 2.75) is 33.1 Å². The third-order valence-electron chi connectivity index (χ3n) is 2.93. The zero-order valence-corrected chi connectivity index (χ0v) is 9.87. The third kappa shape index (κ3) is 1.79. The summed E-state index contributed by atoms with van der Waals surface area (Å²) in [5.74, 6) is 1.62. The fraction of sp³-hybridized carbons (Fsp3) is 0.429. The van der Waals surface area contributed by atoms with Crippen LogP contribution in [-0.4, -0.2) is 0 Å². The summed E-state index contributed by atoms with van der Waals surface area (Å²) >= 11 is 0. The smallest absolute Gasteiger partial charge is 0.120 e. The van der Waals surface area contributed by atoms with E-state index in [4.69, 9.17) is 4.42 Å². The summed E-state index contributed by atoms with van der Waals surface area (Å²) in [6.45, 7) is 8.84. The van der Waals surface area contributed by atoms with Gasteiger partial charge in [-0.15, -0.1) is 0 Å². The van der Waals surface area contributed by atoms with Gasteiger partial charge in [0.25, 0.3) is 0 Å². The second kappa shape index (κ2) is 3.41. The Bertz CT molecular complexity index is 416. The fourth-order valence-electron chi connectivity index (χ4n) is 2.05. The third-order valence-corrected chi connectivity index (χ3v) is 2.93. The Morgan fingerprint density at radius 2 is 1.93 bits per heavy atom. The molecule has 2 rings (SSSR count). The van der Waals surface area contributed by atoms with Crippen LogP contribution in [0, 0.1) is 5.92 Å². The van der Waals surface area contributed by atoms with Crippen LogP contribution in [0.15, 0.2) is 34.5 Å². The highest BCUT2D eigenvalue weighted by Gasteiger charge is 2.26. The molecule has 0 bridgehead atoms. The Labute approximate surface area is 91.5 Å². The average Bonchev–Trinajstić information content (AvgIpc) is 2.56. The van der Waals surface area contributed by atoms with Crippen LogP contribution in [0.3, 0.4) is 0 Å². The van der Waals surface area contributed by atoms with Crippen molar-refractivity contribution in [3.05, 3.63) is 41.4 Å². The lowest BCUT2D eigenvalue weighted by Crippen LogP contribution is -2.14. The molecule has 0 radical (unpaired) electrons. The molecule has 0 amide bonds. The molecule has 80 valence electrons. The van der Waals surface area contributed by atoms with Crippen LogP contribution in [0.4, 0.5) is 0 Å². The Balaban J connectivity index is 2.53. The van der Waals surface area contributed by atoms with Gasteiger partial charge in [0.05, 0.1) is 6.26 Å². The molecule has 0 N–H and O–H groups in total. The molecule has 0 fully saturated rings. The molecule has 0 aliphatic heterocycles. The predicted molar refractivity (Wildman–Crippen MR) is 63.7 cm³/mol. The van der Waals surface area contributed by atoms with Gasteiger partial charge in [-0.1, -0.05) is 32.1 Å². The van der Waals surface area contributed by atoms with Gasteiger partial charge in [0.2, 0.25) is 0 Å². The summed E-state index contributed by atoms with van der Waals surface area (Å²) in [7, 11) is 0. The van der Waals surface area contributed by atoms with E-state index in [1.807, 2.05) is 6.07 Å². The van der Waals surface area contributed by atoms with Crippen molar-refractivity contribution in [3.63, 3.8) is 0 Å². The van der Waals surface area contributed by atoms with Crippen LogP contribution in [0.2, 0.25) is 0 Å². The van der Waals surface area contributed by atoms with Crippen molar-refractivity contribution >= 4 is 6.08 Å². The molecule has 0 saturated carbocycles. The van der Waals surface area contributed by atoms with Crippen LogP contribution in [0.5, 0.6) is 0 Å². The first-order valence-corrected chi connectivity index (χ1v) is 5.49. The minimum absolute atomic E-state index is 0.0120. The number of rotatable bonds is 1. The zero-order chi connectivity index (χ0) is 11.1. The van der Waals surface area contributed by atoms with Gasteiger partial charge in [0, 0.05) is 11.0 Å². The Kier molecular flexibility index (Phi) is 2.34. The average molecular weight is 202 g/mol. The van der Waals surface area contributed by atoms with Crippen LogP contribution >= 0.6 is 0 Å². The van der Waals surface area contributed by atoms with E-state index in [9.17, 15) is 0 Å². The first-order chi connectivity index (χ1) is 7.00. The lowest BCUT2D eigenvalue weighted by atomic mass is 9.86. The maximum absolute atomic E-state index is 5.58. The maximum atomic E-state index is 5.58. The van der Waals surface area contributed by atoms with Crippen LogP contribution in [0.25, 0.3) is 6.08 Å². The van der Waals surface area contributed by atoms with Gasteiger partial charge in [-0.3, -0.25) is 0 Å². The van der Waals surface area contributed by atoms with Gasteiger partial charge in [-0.05, 0) is 31.4 Å². The first kappa shape index (κ1) is 10.3. The summed E-state index contributed by atoms with van der Waals surface area (Å²) < 4.78 is 5.58. The summed E-state index contributed by atoms with van der Waals surface area (Å²) in [6, 6.07) is 2.03. The molecule has 0 spiro atoms. The van der Waals surface area contributed by atoms with Crippen LogP contribution in [-0.2, 0) is 5.41 Å². The van der Waals surface area contributed by atoms with E-state index in [2.05, 4.69) is 45.9 Å². The maximum Gasteiger partial charge on any atom is 0.120 e. The molecule has 1 aliphatic carbocycles. The van der Waals surface area contributed by atoms with Crippen molar-refractivity contribution in [2.24, 2.45) is 5.92 Å². The molecule has 0 atom stereocenters. The molecule has 0 saturated heterocycles. The first-order valence-electron chi connectivity index (χ1n) is 5.49. The van der Waals surface area contributed by atoms with E-state index < -0.39 is 0 Å². The van der Waals surface area contributed by atoms with E-state index >= 15 is 0 Å². The van der Waals surface area contributed by atoms with Crippen molar-refractivity contribution in [3.8, 4) is 0 Å². The van der Waals surface area contributed by atoms with E-state index in [0.717, 1.165) is 5.76 Å². The van der Waals surface area contributed by atoms with Gasteiger partial charge in [-0.25, -0.2) is 0 Å². The predicted octanol–water partition coefficient (Wildman–Crippen LogP) is 4.17. The van der Waals surface area contributed by atoms with Gasteiger partial charge < -0.3 is 4.42 Å². The van der Waals surface area contributed by atoms with Crippen molar-refractivity contribution < 1.29 is 4.42 Å². The summed E-state index contributed by atoms with van der Waals surface area (Å²) in [5.41, 5.74) is 2.57. The second-order valence-electron chi connectivity index (χ2n) is 5.06. The Hall–Kier alpha value is -1.24. The highest BCUT2D eigenvalue weighted by molar-refractivity contribution is 5.59. The highest BCUT2D eigenvalue weighted by atomic mass is 16.3. The largest absolute Gasteiger partial charge is 0.468 e. The van der Waals surface area contributed by atoms with Gasteiger partial charge in [0.15, 0.2) is 0 Å². The molecule has 1 aromatic heterocycles. The molecule has 0 aromatic carbocycles. The van der Waals surface area contributed by atoms with Crippen LogP contribution in [0.1, 0.15) is 39.0 Å². The Morgan fingerprint density at radius 3 is 2.60 bits per heavy atom. The quantitative estimate of drug-likeness (QED) is 0.666.